The summed E-state index contributed by atoms with van der Waals surface area (Å²) in [7, 11) is 0. The lowest BCUT2D eigenvalue weighted by molar-refractivity contribution is -0.120. The molecular formula is C21H22N2O. The summed E-state index contributed by atoms with van der Waals surface area (Å²) < 4.78 is 0. The Morgan fingerprint density at radius 1 is 0.958 bits per heavy atom. The van der Waals surface area contributed by atoms with Crippen LogP contribution in [0, 0.1) is 5.92 Å². The highest BCUT2D eigenvalue weighted by molar-refractivity contribution is 5.93. The first kappa shape index (κ1) is 15.0. The number of aromatic amines is 1. The lowest BCUT2D eigenvalue weighted by atomic mass is 9.88. The molecule has 1 aliphatic rings. The molecule has 1 aromatic heterocycles. The summed E-state index contributed by atoms with van der Waals surface area (Å²) in [6.07, 6.45) is 5.68. The summed E-state index contributed by atoms with van der Waals surface area (Å²) in [4.78, 5) is 15.8. The second-order valence-electron chi connectivity index (χ2n) is 6.67. The molecule has 3 nitrogen and oxygen atoms in total. The molecule has 1 heterocycles. The topological polar surface area (TPSA) is 44.9 Å². The molecule has 0 spiro atoms. The Balaban J connectivity index is 1.48. The molecule has 1 amide bonds. The van der Waals surface area contributed by atoms with Crippen LogP contribution in [0.3, 0.4) is 0 Å². The lowest BCUT2D eigenvalue weighted by Gasteiger charge is -2.20. The first-order chi connectivity index (χ1) is 11.8. The van der Waals surface area contributed by atoms with E-state index in [2.05, 4.69) is 40.6 Å². The molecule has 0 saturated heterocycles. The number of benzene rings is 2. The molecule has 3 heteroatoms. The number of anilines is 1. The van der Waals surface area contributed by atoms with E-state index >= 15 is 0 Å². The van der Waals surface area contributed by atoms with Crippen LogP contribution in [0.25, 0.3) is 22.2 Å². The van der Waals surface area contributed by atoms with Crippen LogP contribution in [0.5, 0.6) is 0 Å². The third-order valence-corrected chi connectivity index (χ3v) is 4.97. The number of nitrogens with one attached hydrogen (secondary N) is 2. The molecule has 2 N–H and O–H groups in total. The van der Waals surface area contributed by atoms with Crippen molar-refractivity contribution < 1.29 is 4.79 Å². The molecule has 1 fully saturated rings. The van der Waals surface area contributed by atoms with Gasteiger partial charge in [0.05, 0.1) is 0 Å². The maximum atomic E-state index is 12.3. The normalized spacial score (nSPS) is 15.5. The Kier molecular flexibility index (Phi) is 4.08. The Bertz CT molecular complexity index is 809. The summed E-state index contributed by atoms with van der Waals surface area (Å²) in [5, 5.41) is 4.28. The van der Waals surface area contributed by atoms with Gasteiger partial charge in [0.15, 0.2) is 0 Å². The number of hydrogen-bond donors (Lipinski definition) is 2. The number of aromatic nitrogens is 1. The smallest absolute Gasteiger partial charge is 0.227 e. The molecule has 0 radical (unpaired) electrons. The van der Waals surface area contributed by atoms with E-state index in [0.29, 0.717) is 0 Å². The predicted octanol–water partition coefficient (Wildman–Crippen LogP) is 5.35. The van der Waals surface area contributed by atoms with Crippen LogP contribution in [0.15, 0.2) is 54.6 Å². The molecule has 24 heavy (non-hydrogen) atoms. The number of amides is 1. The van der Waals surface area contributed by atoms with Gasteiger partial charge in [-0.05, 0) is 42.7 Å². The number of hydrogen-bond acceptors (Lipinski definition) is 1. The zero-order chi connectivity index (χ0) is 16.4. The molecule has 4 rings (SSSR count). The van der Waals surface area contributed by atoms with Crippen molar-refractivity contribution in [3.8, 4) is 11.3 Å². The van der Waals surface area contributed by atoms with Crippen molar-refractivity contribution in [3.05, 3.63) is 54.6 Å². The molecule has 0 unspecified atom stereocenters. The maximum absolute atomic E-state index is 12.3. The number of rotatable bonds is 3. The van der Waals surface area contributed by atoms with Gasteiger partial charge in [-0.2, -0.15) is 0 Å². The Labute approximate surface area is 142 Å². The zero-order valence-corrected chi connectivity index (χ0v) is 13.7. The SMILES string of the molecule is O=C(Nc1ccc(-c2cc3ccccc3[nH]2)cc1)C1CCCCC1. The summed E-state index contributed by atoms with van der Waals surface area (Å²) in [6, 6.07) is 18.5. The van der Waals surface area contributed by atoms with Gasteiger partial charge in [0.2, 0.25) is 5.91 Å². The van der Waals surface area contributed by atoms with Gasteiger partial charge in [-0.15, -0.1) is 0 Å². The van der Waals surface area contributed by atoms with Crippen LogP contribution in [0.1, 0.15) is 32.1 Å². The van der Waals surface area contributed by atoms with E-state index in [9.17, 15) is 4.79 Å². The first-order valence-electron chi connectivity index (χ1n) is 8.79. The van der Waals surface area contributed by atoms with Crippen molar-refractivity contribution in [1.82, 2.24) is 4.98 Å². The largest absolute Gasteiger partial charge is 0.355 e. The van der Waals surface area contributed by atoms with Gasteiger partial charge in [0.1, 0.15) is 0 Å². The highest BCUT2D eigenvalue weighted by Gasteiger charge is 2.20. The van der Waals surface area contributed by atoms with Gasteiger partial charge >= 0.3 is 0 Å². The minimum Gasteiger partial charge on any atom is -0.355 e. The third-order valence-electron chi connectivity index (χ3n) is 4.97. The van der Waals surface area contributed by atoms with Gasteiger partial charge < -0.3 is 10.3 Å². The molecule has 122 valence electrons. The number of para-hydroxylation sites is 1. The highest BCUT2D eigenvalue weighted by atomic mass is 16.1. The summed E-state index contributed by atoms with van der Waals surface area (Å²) in [5.41, 5.74) is 4.25. The quantitative estimate of drug-likeness (QED) is 0.671. The molecule has 0 aliphatic heterocycles. The second-order valence-corrected chi connectivity index (χ2v) is 6.67. The summed E-state index contributed by atoms with van der Waals surface area (Å²) in [6.45, 7) is 0. The summed E-state index contributed by atoms with van der Waals surface area (Å²) >= 11 is 0. The Hall–Kier alpha value is -2.55. The van der Waals surface area contributed by atoms with Crippen LogP contribution in [-0.2, 0) is 4.79 Å². The van der Waals surface area contributed by atoms with Crippen molar-refractivity contribution in [2.75, 3.05) is 5.32 Å². The average Bonchev–Trinajstić information content (AvgIpc) is 3.07. The molecule has 0 atom stereocenters. The van der Waals surface area contributed by atoms with E-state index in [1.54, 1.807) is 0 Å². The van der Waals surface area contributed by atoms with E-state index in [0.717, 1.165) is 35.3 Å². The van der Waals surface area contributed by atoms with Gasteiger partial charge in [0.25, 0.3) is 0 Å². The van der Waals surface area contributed by atoms with Gasteiger partial charge in [-0.25, -0.2) is 0 Å². The maximum Gasteiger partial charge on any atom is 0.227 e. The van der Waals surface area contributed by atoms with Crippen molar-refractivity contribution in [3.63, 3.8) is 0 Å². The average molecular weight is 318 g/mol. The van der Waals surface area contributed by atoms with Gasteiger partial charge in [-0.1, -0.05) is 49.6 Å². The highest BCUT2D eigenvalue weighted by Crippen LogP contribution is 2.27. The Morgan fingerprint density at radius 3 is 2.46 bits per heavy atom. The van der Waals surface area contributed by atoms with E-state index < -0.39 is 0 Å². The number of carbonyl (C=O) groups excluding carboxylic acids is 1. The van der Waals surface area contributed by atoms with Crippen LogP contribution >= 0.6 is 0 Å². The summed E-state index contributed by atoms with van der Waals surface area (Å²) in [5.74, 6) is 0.361. The molecular weight excluding hydrogens is 296 g/mol. The van der Waals surface area contributed by atoms with Crippen molar-refractivity contribution >= 4 is 22.5 Å². The molecule has 1 aliphatic carbocycles. The minimum atomic E-state index is 0.174. The predicted molar refractivity (Wildman–Crippen MR) is 98.9 cm³/mol. The van der Waals surface area contributed by atoms with E-state index in [1.165, 1.54) is 24.6 Å². The monoisotopic (exact) mass is 318 g/mol. The fourth-order valence-electron chi connectivity index (χ4n) is 3.57. The molecule has 3 aromatic rings. The molecule has 2 aromatic carbocycles. The third kappa shape index (κ3) is 3.07. The zero-order valence-electron chi connectivity index (χ0n) is 13.7. The standard InChI is InChI=1S/C21H22N2O/c24-21(16-6-2-1-3-7-16)22-18-12-10-15(11-13-18)20-14-17-8-4-5-9-19(17)23-20/h4-5,8-14,16,23H,1-3,6-7H2,(H,22,24). The second kappa shape index (κ2) is 6.52. The first-order valence-corrected chi connectivity index (χ1v) is 8.79. The van der Waals surface area contributed by atoms with E-state index in [4.69, 9.17) is 0 Å². The number of carbonyl (C=O) groups is 1. The van der Waals surface area contributed by atoms with E-state index in [1.807, 2.05) is 24.3 Å². The van der Waals surface area contributed by atoms with Crippen molar-refractivity contribution in [1.29, 1.82) is 0 Å². The van der Waals surface area contributed by atoms with E-state index in [-0.39, 0.29) is 11.8 Å². The Morgan fingerprint density at radius 2 is 1.71 bits per heavy atom. The van der Waals surface area contributed by atoms with Crippen LogP contribution in [-0.4, -0.2) is 10.9 Å². The number of fused-ring (bicyclic) bond motifs is 1. The fraction of sp³-hybridized carbons (Fsp3) is 0.286. The van der Waals surface area contributed by atoms with Gasteiger partial charge in [-0.3, -0.25) is 4.79 Å². The molecule has 0 bridgehead atoms. The van der Waals surface area contributed by atoms with Crippen LogP contribution in [0.4, 0.5) is 5.69 Å². The molecule has 1 saturated carbocycles. The fourth-order valence-corrected chi connectivity index (χ4v) is 3.57. The van der Waals surface area contributed by atoms with Crippen LogP contribution in [0.2, 0.25) is 0 Å². The van der Waals surface area contributed by atoms with Crippen LogP contribution < -0.4 is 5.32 Å². The number of H-pyrrole nitrogens is 1. The van der Waals surface area contributed by atoms with Gasteiger partial charge in [0, 0.05) is 28.2 Å². The van der Waals surface area contributed by atoms with Crippen molar-refractivity contribution in [2.24, 2.45) is 5.92 Å². The minimum absolute atomic E-state index is 0.174. The van der Waals surface area contributed by atoms with Crippen molar-refractivity contribution in [2.45, 2.75) is 32.1 Å². The lowest BCUT2D eigenvalue weighted by Crippen LogP contribution is -2.24.